The van der Waals surface area contributed by atoms with E-state index in [2.05, 4.69) is 20.3 Å². The van der Waals surface area contributed by atoms with Crippen LogP contribution in [-0.4, -0.2) is 26.6 Å². The molecule has 3 aromatic rings. The van der Waals surface area contributed by atoms with E-state index < -0.39 is 17.5 Å². The molecule has 5 nitrogen and oxygen atoms in total. The third kappa shape index (κ3) is 4.60. The first-order valence-corrected chi connectivity index (χ1v) is 8.63. The van der Waals surface area contributed by atoms with E-state index in [1.807, 2.05) is 12.1 Å². The molecule has 0 spiro atoms. The molecule has 2 heterocycles. The molecular weight excluding hydrogens is 358 g/mol. The second-order valence-electron chi connectivity index (χ2n) is 5.34. The van der Waals surface area contributed by atoms with E-state index in [-0.39, 0.29) is 11.4 Å². The van der Waals surface area contributed by atoms with E-state index in [0.29, 0.717) is 10.9 Å². The molecule has 0 atom stereocenters. The van der Waals surface area contributed by atoms with Gasteiger partial charge in [-0.05, 0) is 37.3 Å². The lowest BCUT2D eigenvalue weighted by Gasteiger charge is -2.08. The van der Waals surface area contributed by atoms with Crippen molar-refractivity contribution in [1.82, 2.24) is 15.0 Å². The maximum atomic E-state index is 13.6. The largest absolute Gasteiger partial charge is 0.323 e. The molecule has 0 bridgehead atoms. The zero-order valence-electron chi connectivity index (χ0n) is 13.7. The summed E-state index contributed by atoms with van der Waals surface area (Å²) in [6, 6.07) is 8.32. The van der Waals surface area contributed by atoms with Crippen LogP contribution in [0.2, 0.25) is 0 Å². The van der Waals surface area contributed by atoms with E-state index in [4.69, 9.17) is 0 Å². The van der Waals surface area contributed by atoms with Crippen molar-refractivity contribution in [3.63, 3.8) is 0 Å². The molecule has 0 saturated carbocycles. The Balaban J connectivity index is 1.68. The summed E-state index contributed by atoms with van der Waals surface area (Å²) < 4.78 is 26.7. The van der Waals surface area contributed by atoms with E-state index in [9.17, 15) is 13.6 Å². The Morgan fingerprint density at radius 1 is 1.12 bits per heavy atom. The van der Waals surface area contributed by atoms with Crippen molar-refractivity contribution in [3.05, 3.63) is 66.3 Å². The highest BCUT2D eigenvalue weighted by molar-refractivity contribution is 7.99. The molecule has 2 aromatic heterocycles. The summed E-state index contributed by atoms with van der Waals surface area (Å²) in [6.45, 7) is 1.76. The lowest BCUT2D eigenvalue weighted by Crippen LogP contribution is -2.15. The van der Waals surface area contributed by atoms with Crippen LogP contribution in [0.3, 0.4) is 0 Å². The number of rotatable bonds is 5. The minimum Gasteiger partial charge on any atom is -0.323 e. The van der Waals surface area contributed by atoms with Crippen molar-refractivity contribution in [3.8, 4) is 11.3 Å². The highest BCUT2D eigenvalue weighted by Crippen LogP contribution is 2.23. The Morgan fingerprint density at radius 3 is 2.65 bits per heavy atom. The summed E-state index contributed by atoms with van der Waals surface area (Å²) in [5, 5.41) is 2.97. The fourth-order valence-electron chi connectivity index (χ4n) is 2.20. The van der Waals surface area contributed by atoms with E-state index in [0.717, 1.165) is 29.5 Å². The number of aromatic nitrogens is 3. The highest BCUT2D eigenvalue weighted by atomic mass is 32.2. The number of amides is 1. The molecule has 1 amide bonds. The van der Waals surface area contributed by atoms with Gasteiger partial charge in [-0.3, -0.25) is 9.78 Å². The number of carbonyl (C=O) groups excluding carboxylic acids is 1. The van der Waals surface area contributed by atoms with Crippen LogP contribution in [0.1, 0.15) is 5.82 Å². The van der Waals surface area contributed by atoms with Gasteiger partial charge in [0.05, 0.1) is 17.1 Å². The van der Waals surface area contributed by atoms with Crippen molar-refractivity contribution >= 4 is 23.4 Å². The van der Waals surface area contributed by atoms with Crippen molar-refractivity contribution in [2.24, 2.45) is 0 Å². The normalized spacial score (nSPS) is 10.6. The molecular formula is C18H14F2N4OS. The third-order valence-corrected chi connectivity index (χ3v) is 4.26. The first-order chi connectivity index (χ1) is 12.5. The van der Waals surface area contributed by atoms with Crippen LogP contribution >= 0.6 is 11.8 Å². The maximum Gasteiger partial charge on any atom is 0.234 e. The van der Waals surface area contributed by atoms with Gasteiger partial charge in [-0.15, -0.1) is 0 Å². The second-order valence-corrected chi connectivity index (χ2v) is 6.33. The smallest absolute Gasteiger partial charge is 0.234 e. The van der Waals surface area contributed by atoms with Crippen molar-refractivity contribution in [1.29, 1.82) is 0 Å². The number of benzene rings is 1. The van der Waals surface area contributed by atoms with Crippen molar-refractivity contribution in [2.45, 2.75) is 11.9 Å². The third-order valence-electron chi connectivity index (χ3n) is 3.34. The number of nitrogens with zero attached hydrogens (tertiary/aromatic N) is 3. The number of aryl methyl sites for hydroxylation is 1. The maximum absolute atomic E-state index is 13.6. The monoisotopic (exact) mass is 372 g/mol. The average Bonchev–Trinajstić information content (AvgIpc) is 2.63. The van der Waals surface area contributed by atoms with E-state index in [1.54, 1.807) is 25.4 Å². The molecule has 3 rings (SSSR count). The Kier molecular flexibility index (Phi) is 5.52. The molecule has 26 heavy (non-hydrogen) atoms. The second kappa shape index (κ2) is 8.01. The fourth-order valence-corrected chi connectivity index (χ4v) is 2.95. The van der Waals surface area contributed by atoms with E-state index in [1.165, 1.54) is 11.8 Å². The lowest BCUT2D eigenvalue weighted by atomic mass is 10.2. The van der Waals surface area contributed by atoms with Crippen LogP contribution in [0.15, 0.2) is 53.8 Å². The van der Waals surface area contributed by atoms with Gasteiger partial charge >= 0.3 is 0 Å². The molecule has 8 heteroatoms. The molecule has 0 unspecified atom stereocenters. The molecule has 1 N–H and O–H groups in total. The van der Waals surface area contributed by atoms with Gasteiger partial charge in [-0.1, -0.05) is 11.8 Å². The van der Waals surface area contributed by atoms with Gasteiger partial charge in [0.1, 0.15) is 22.5 Å². The van der Waals surface area contributed by atoms with Gasteiger partial charge in [0.2, 0.25) is 5.91 Å². The molecule has 0 aliphatic heterocycles. The summed E-state index contributed by atoms with van der Waals surface area (Å²) in [6.07, 6.45) is 3.33. The standard InChI is InChI=1S/C18H14F2N4OS/c1-11-22-15(12-4-6-21-7-5-12)9-18(23-11)26-10-17(25)24-16-8-13(19)2-3-14(16)20/h2-9H,10H2,1H3,(H,24,25). The van der Waals surface area contributed by atoms with Crippen LogP contribution < -0.4 is 5.32 Å². The quantitative estimate of drug-likeness (QED) is 0.544. The van der Waals surface area contributed by atoms with Crippen molar-refractivity contribution in [2.75, 3.05) is 11.1 Å². The van der Waals surface area contributed by atoms with Crippen LogP contribution in [0.4, 0.5) is 14.5 Å². The Hall–Kier alpha value is -2.87. The Labute approximate surface area is 152 Å². The summed E-state index contributed by atoms with van der Waals surface area (Å²) in [4.78, 5) is 24.7. The zero-order valence-corrected chi connectivity index (χ0v) is 14.6. The van der Waals surface area contributed by atoms with Gasteiger partial charge in [-0.2, -0.15) is 0 Å². The first kappa shape index (κ1) is 17.9. The molecule has 0 aliphatic carbocycles. The average molecular weight is 372 g/mol. The van der Waals surface area contributed by atoms with Gasteiger partial charge < -0.3 is 5.32 Å². The minimum absolute atomic E-state index is 0.00217. The van der Waals surface area contributed by atoms with Gasteiger partial charge in [0.15, 0.2) is 0 Å². The fraction of sp³-hybridized carbons (Fsp3) is 0.111. The molecule has 0 saturated heterocycles. The molecule has 132 valence electrons. The summed E-state index contributed by atoms with van der Waals surface area (Å²) in [5.74, 6) is -1.20. The first-order valence-electron chi connectivity index (χ1n) is 7.65. The van der Waals surface area contributed by atoms with E-state index >= 15 is 0 Å². The Bertz CT molecular complexity index is 938. The van der Waals surface area contributed by atoms with Crippen LogP contribution in [0.25, 0.3) is 11.3 Å². The Morgan fingerprint density at radius 2 is 1.88 bits per heavy atom. The van der Waals surface area contributed by atoms with Crippen LogP contribution in [0.5, 0.6) is 0 Å². The number of thioether (sulfide) groups is 1. The zero-order chi connectivity index (χ0) is 18.5. The van der Waals surface area contributed by atoms with Gasteiger partial charge in [-0.25, -0.2) is 18.7 Å². The number of pyridine rings is 1. The van der Waals surface area contributed by atoms with Crippen LogP contribution in [0, 0.1) is 18.6 Å². The molecule has 0 radical (unpaired) electrons. The number of anilines is 1. The van der Waals surface area contributed by atoms with Crippen LogP contribution in [-0.2, 0) is 4.79 Å². The highest BCUT2D eigenvalue weighted by Gasteiger charge is 2.11. The number of hydrogen-bond acceptors (Lipinski definition) is 5. The predicted octanol–water partition coefficient (Wildman–Crippen LogP) is 3.86. The molecule has 1 aromatic carbocycles. The summed E-state index contributed by atoms with van der Waals surface area (Å²) >= 11 is 1.19. The summed E-state index contributed by atoms with van der Waals surface area (Å²) in [7, 11) is 0. The topological polar surface area (TPSA) is 67.8 Å². The number of carbonyl (C=O) groups is 1. The van der Waals surface area contributed by atoms with Gasteiger partial charge in [0.25, 0.3) is 0 Å². The minimum atomic E-state index is -0.692. The lowest BCUT2D eigenvalue weighted by molar-refractivity contribution is -0.113. The molecule has 0 fully saturated rings. The van der Waals surface area contributed by atoms with Gasteiger partial charge in [0, 0.05) is 24.0 Å². The number of halogens is 2. The summed E-state index contributed by atoms with van der Waals surface area (Å²) in [5.41, 5.74) is 1.42. The number of hydrogen-bond donors (Lipinski definition) is 1. The predicted molar refractivity (Wildman–Crippen MR) is 95.7 cm³/mol. The number of nitrogens with one attached hydrogen (secondary N) is 1. The molecule has 0 aliphatic rings. The van der Waals surface area contributed by atoms with Crippen molar-refractivity contribution < 1.29 is 13.6 Å². The SMILES string of the molecule is Cc1nc(SCC(=O)Nc2cc(F)ccc2F)cc(-c2ccncc2)n1.